The minimum Gasteiger partial charge on any atom is -0.354 e. The fourth-order valence-corrected chi connectivity index (χ4v) is 1.88. The fraction of sp³-hybridized carbons (Fsp3) is 0.300. The van der Waals surface area contributed by atoms with Crippen molar-refractivity contribution in [3.8, 4) is 0 Å². The molecule has 1 aliphatic rings. The van der Waals surface area contributed by atoms with Crippen LogP contribution in [0.3, 0.4) is 0 Å². The normalized spacial score (nSPS) is 17.9. The van der Waals surface area contributed by atoms with Crippen molar-refractivity contribution in [1.29, 1.82) is 0 Å². The summed E-state index contributed by atoms with van der Waals surface area (Å²) >= 11 is 5.63. The van der Waals surface area contributed by atoms with E-state index in [2.05, 4.69) is 15.6 Å². The van der Waals surface area contributed by atoms with Crippen LogP contribution in [-0.2, 0) is 4.79 Å². The lowest BCUT2D eigenvalue weighted by Gasteiger charge is -2.10. The molecule has 1 aromatic heterocycles. The molecule has 100 valence electrons. The molecule has 0 radical (unpaired) electrons. The van der Waals surface area contributed by atoms with Crippen molar-refractivity contribution in [3.05, 3.63) is 33.1 Å². The Morgan fingerprint density at radius 1 is 1.63 bits per heavy atom. The lowest BCUT2D eigenvalue weighted by molar-refractivity contribution is -0.385. The highest BCUT2D eigenvalue weighted by atomic mass is 35.5. The van der Waals surface area contributed by atoms with Crippen LogP contribution in [0.5, 0.6) is 0 Å². The van der Waals surface area contributed by atoms with Crippen LogP contribution in [0.2, 0.25) is 5.15 Å². The van der Waals surface area contributed by atoms with Gasteiger partial charge in [-0.2, -0.15) is 0 Å². The number of halogens is 1. The Morgan fingerprint density at radius 2 is 2.37 bits per heavy atom. The first kappa shape index (κ1) is 13.2. The molecule has 8 nitrogen and oxygen atoms in total. The van der Waals surface area contributed by atoms with Crippen LogP contribution >= 0.6 is 11.6 Å². The standard InChI is InChI=1S/C10H9ClN4O4/c11-8-2-6(7(4-12-8)15(18)19)10(17)14-5-1-9(16)13-3-5/h2,4-5H,1,3H2,(H,13,16)(H,14,17). The molecule has 0 spiro atoms. The van der Waals surface area contributed by atoms with Gasteiger partial charge in [0.2, 0.25) is 5.91 Å². The Morgan fingerprint density at radius 3 is 2.95 bits per heavy atom. The number of rotatable bonds is 3. The number of nitrogens with zero attached hydrogens (tertiary/aromatic N) is 2. The van der Waals surface area contributed by atoms with Crippen molar-refractivity contribution in [3.63, 3.8) is 0 Å². The van der Waals surface area contributed by atoms with Crippen LogP contribution in [0, 0.1) is 10.1 Å². The van der Waals surface area contributed by atoms with E-state index in [0.717, 1.165) is 12.3 Å². The first-order valence-electron chi connectivity index (χ1n) is 5.35. The Kier molecular flexibility index (Phi) is 3.61. The van der Waals surface area contributed by atoms with Crippen molar-refractivity contribution in [2.75, 3.05) is 6.54 Å². The van der Waals surface area contributed by atoms with Crippen molar-refractivity contribution >= 4 is 29.1 Å². The van der Waals surface area contributed by atoms with Crippen LogP contribution in [0.25, 0.3) is 0 Å². The van der Waals surface area contributed by atoms with Gasteiger partial charge in [-0.3, -0.25) is 19.7 Å². The van der Waals surface area contributed by atoms with E-state index in [1.807, 2.05) is 0 Å². The second kappa shape index (κ2) is 5.19. The molecule has 1 atom stereocenters. The maximum absolute atomic E-state index is 11.9. The molecule has 0 bridgehead atoms. The number of aromatic nitrogens is 1. The average Bonchev–Trinajstić information content (AvgIpc) is 2.74. The minimum absolute atomic E-state index is 0.0172. The van der Waals surface area contributed by atoms with Gasteiger partial charge in [0.05, 0.1) is 11.0 Å². The monoisotopic (exact) mass is 284 g/mol. The summed E-state index contributed by atoms with van der Waals surface area (Å²) in [5.41, 5.74) is -0.608. The number of hydrogen-bond acceptors (Lipinski definition) is 5. The molecule has 2 heterocycles. The maximum Gasteiger partial charge on any atom is 0.300 e. The predicted octanol–water partition coefficient (Wildman–Crippen LogP) is 0.261. The quantitative estimate of drug-likeness (QED) is 0.469. The van der Waals surface area contributed by atoms with Gasteiger partial charge >= 0.3 is 0 Å². The van der Waals surface area contributed by atoms with Gasteiger partial charge in [-0.05, 0) is 6.07 Å². The van der Waals surface area contributed by atoms with E-state index in [4.69, 9.17) is 11.6 Å². The third-order valence-electron chi connectivity index (χ3n) is 2.60. The third kappa shape index (κ3) is 2.97. The third-order valence-corrected chi connectivity index (χ3v) is 2.81. The molecule has 1 aliphatic heterocycles. The van der Waals surface area contributed by atoms with Crippen molar-refractivity contribution in [1.82, 2.24) is 15.6 Å². The molecule has 0 saturated carbocycles. The molecule has 1 fully saturated rings. The predicted molar refractivity (Wildman–Crippen MR) is 64.8 cm³/mol. The van der Waals surface area contributed by atoms with E-state index in [0.29, 0.717) is 6.54 Å². The molecule has 9 heteroatoms. The second-order valence-corrected chi connectivity index (χ2v) is 4.35. The van der Waals surface area contributed by atoms with Crippen LogP contribution in [0.1, 0.15) is 16.8 Å². The summed E-state index contributed by atoms with van der Waals surface area (Å²) in [6.45, 7) is 0.303. The number of pyridine rings is 1. The summed E-state index contributed by atoms with van der Waals surface area (Å²) in [6.07, 6.45) is 1.08. The highest BCUT2D eigenvalue weighted by Crippen LogP contribution is 2.20. The van der Waals surface area contributed by atoms with Crippen LogP contribution < -0.4 is 10.6 Å². The zero-order chi connectivity index (χ0) is 14.0. The van der Waals surface area contributed by atoms with E-state index in [1.54, 1.807) is 0 Å². The van der Waals surface area contributed by atoms with Crippen molar-refractivity contribution in [2.45, 2.75) is 12.5 Å². The summed E-state index contributed by atoms with van der Waals surface area (Å²) in [4.78, 5) is 36.6. The zero-order valence-corrected chi connectivity index (χ0v) is 10.3. The number of amides is 2. The first-order valence-corrected chi connectivity index (χ1v) is 5.72. The Balaban J connectivity index is 2.20. The van der Waals surface area contributed by atoms with Crippen molar-refractivity contribution < 1.29 is 14.5 Å². The number of nitro groups is 1. The Bertz CT molecular complexity index is 562. The highest BCUT2D eigenvalue weighted by Gasteiger charge is 2.27. The van der Waals surface area contributed by atoms with E-state index in [-0.39, 0.29) is 29.1 Å². The van der Waals surface area contributed by atoms with Gasteiger partial charge in [0.1, 0.15) is 16.9 Å². The molecule has 0 aliphatic carbocycles. The van der Waals surface area contributed by atoms with Gasteiger partial charge in [-0.1, -0.05) is 11.6 Å². The summed E-state index contributed by atoms with van der Waals surface area (Å²) in [5.74, 6) is -0.829. The topological polar surface area (TPSA) is 114 Å². The minimum atomic E-state index is -0.712. The molecule has 2 N–H and O–H groups in total. The summed E-state index contributed by atoms with van der Waals surface area (Å²) in [5, 5.41) is 15.9. The van der Waals surface area contributed by atoms with Gasteiger partial charge < -0.3 is 10.6 Å². The molecule has 1 unspecified atom stereocenters. The smallest absolute Gasteiger partial charge is 0.300 e. The number of nitrogens with one attached hydrogen (secondary N) is 2. The summed E-state index contributed by atoms with van der Waals surface area (Å²) in [6, 6.07) is 0.741. The molecule has 1 aromatic rings. The molecular formula is C10H9ClN4O4. The molecule has 2 amide bonds. The van der Waals surface area contributed by atoms with Crippen LogP contribution in [-0.4, -0.2) is 34.3 Å². The molecule has 0 aromatic carbocycles. The van der Waals surface area contributed by atoms with E-state index in [1.165, 1.54) is 0 Å². The van der Waals surface area contributed by atoms with Crippen LogP contribution in [0.15, 0.2) is 12.3 Å². The second-order valence-electron chi connectivity index (χ2n) is 3.96. The van der Waals surface area contributed by atoms with E-state index >= 15 is 0 Å². The lowest BCUT2D eigenvalue weighted by atomic mass is 10.2. The van der Waals surface area contributed by atoms with Gasteiger partial charge in [0.15, 0.2) is 0 Å². The Labute approximate surface area is 112 Å². The fourth-order valence-electron chi connectivity index (χ4n) is 1.72. The molecule has 19 heavy (non-hydrogen) atoms. The summed E-state index contributed by atoms with van der Waals surface area (Å²) < 4.78 is 0. The van der Waals surface area contributed by atoms with Gasteiger partial charge in [-0.25, -0.2) is 4.98 Å². The average molecular weight is 285 g/mol. The SMILES string of the molecule is O=C1CC(NC(=O)c2cc(Cl)ncc2[N+](=O)[O-])CN1. The van der Waals surface area contributed by atoms with Gasteiger partial charge in [-0.15, -0.1) is 0 Å². The van der Waals surface area contributed by atoms with Crippen LogP contribution in [0.4, 0.5) is 5.69 Å². The number of carbonyl (C=O) groups excluding carboxylic acids is 2. The maximum atomic E-state index is 11.9. The van der Waals surface area contributed by atoms with Gasteiger partial charge in [0.25, 0.3) is 11.6 Å². The van der Waals surface area contributed by atoms with Gasteiger partial charge in [0, 0.05) is 13.0 Å². The molecular weight excluding hydrogens is 276 g/mol. The number of carbonyl (C=O) groups is 2. The van der Waals surface area contributed by atoms with E-state index < -0.39 is 16.5 Å². The zero-order valence-electron chi connectivity index (χ0n) is 9.55. The Hall–Kier alpha value is -2.22. The van der Waals surface area contributed by atoms with E-state index in [9.17, 15) is 19.7 Å². The largest absolute Gasteiger partial charge is 0.354 e. The molecule has 1 saturated heterocycles. The molecule has 2 rings (SSSR count). The lowest BCUT2D eigenvalue weighted by Crippen LogP contribution is -2.36. The first-order chi connectivity index (χ1) is 8.97. The highest BCUT2D eigenvalue weighted by molar-refractivity contribution is 6.29. The number of hydrogen-bond donors (Lipinski definition) is 2. The summed E-state index contributed by atoms with van der Waals surface area (Å²) in [7, 11) is 0. The van der Waals surface area contributed by atoms with Crippen molar-refractivity contribution in [2.24, 2.45) is 0 Å².